The second kappa shape index (κ2) is 11.4. The molecule has 9 nitrogen and oxygen atoms in total. The summed E-state index contributed by atoms with van der Waals surface area (Å²) in [7, 11) is 0. The van der Waals surface area contributed by atoms with Crippen LogP contribution in [-0.4, -0.2) is 55.8 Å². The van der Waals surface area contributed by atoms with Gasteiger partial charge in [-0.15, -0.1) is 13.2 Å². The molecule has 4 aromatic rings. The molecule has 1 amide bonds. The van der Waals surface area contributed by atoms with Crippen LogP contribution in [0.4, 0.5) is 19.0 Å². The Bertz CT molecular complexity index is 1600. The zero-order valence-corrected chi connectivity index (χ0v) is 22.0. The molecule has 0 aliphatic carbocycles. The van der Waals surface area contributed by atoms with Gasteiger partial charge < -0.3 is 15.4 Å². The molecule has 12 heteroatoms. The minimum Gasteiger partial charge on any atom is -0.406 e. The van der Waals surface area contributed by atoms with E-state index in [-0.39, 0.29) is 35.5 Å². The Morgan fingerprint density at radius 2 is 1.93 bits per heavy atom. The van der Waals surface area contributed by atoms with E-state index < -0.39 is 12.1 Å². The Kier molecular flexibility index (Phi) is 7.73. The number of fused-ring (bicyclic) bond motifs is 1. The van der Waals surface area contributed by atoms with Crippen LogP contribution in [0.15, 0.2) is 67.5 Å². The number of amides is 1. The van der Waals surface area contributed by atoms with Gasteiger partial charge in [-0.3, -0.25) is 9.59 Å². The first kappa shape index (κ1) is 27.8. The van der Waals surface area contributed by atoms with Gasteiger partial charge in [-0.25, -0.2) is 14.6 Å². The predicted octanol–water partition coefficient (Wildman–Crippen LogP) is 5.14. The van der Waals surface area contributed by atoms with Gasteiger partial charge in [0.25, 0.3) is 0 Å². The molecule has 0 radical (unpaired) electrons. The number of hydrogen-bond acceptors (Lipinski definition) is 7. The van der Waals surface area contributed by atoms with E-state index >= 15 is 0 Å². The number of rotatable bonds is 8. The maximum absolute atomic E-state index is 12.6. The van der Waals surface area contributed by atoms with Gasteiger partial charge in [0.05, 0.1) is 11.4 Å². The van der Waals surface area contributed by atoms with E-state index in [9.17, 15) is 22.8 Å². The highest BCUT2D eigenvalue weighted by Gasteiger charge is 2.31. The quantitative estimate of drug-likeness (QED) is 0.233. The van der Waals surface area contributed by atoms with E-state index in [1.807, 2.05) is 28.9 Å². The van der Waals surface area contributed by atoms with Crippen molar-refractivity contribution < 1.29 is 27.5 Å². The molecule has 0 bridgehead atoms. The van der Waals surface area contributed by atoms with Gasteiger partial charge >= 0.3 is 6.36 Å². The zero-order chi connectivity index (χ0) is 29.1. The molecule has 0 spiro atoms. The molecule has 1 atom stereocenters. The number of halogens is 3. The van der Waals surface area contributed by atoms with Crippen molar-refractivity contribution in [3.63, 3.8) is 0 Å². The van der Waals surface area contributed by atoms with E-state index in [1.54, 1.807) is 4.90 Å². The molecule has 1 fully saturated rings. The van der Waals surface area contributed by atoms with Crippen LogP contribution in [0.2, 0.25) is 0 Å². The highest BCUT2D eigenvalue weighted by molar-refractivity contribution is 5.98. The summed E-state index contributed by atoms with van der Waals surface area (Å²) in [4.78, 5) is 35.2. The number of Topliss-reactive ketones (excluding diaryl/α,β-unsaturated/α-hetero) is 1. The van der Waals surface area contributed by atoms with Crippen LogP contribution in [-0.2, 0) is 11.2 Å². The molecular formula is C29H27F3N6O3. The van der Waals surface area contributed by atoms with E-state index in [0.29, 0.717) is 36.2 Å². The summed E-state index contributed by atoms with van der Waals surface area (Å²) in [6.07, 6.45) is -0.00565. The number of hydrogen-bond donors (Lipinski definition) is 1. The summed E-state index contributed by atoms with van der Waals surface area (Å²) in [6, 6.07) is 12.4. The SMILES string of the molecule is C=CC(=O)N1CCCC(n2nc(-c3ccc(CCC(=O)c4cccc(OC(F)(F)F)c4)cc3)c3c(N)ncnc32)C1. The van der Waals surface area contributed by atoms with Crippen LogP contribution in [0.1, 0.15) is 41.2 Å². The number of nitrogen functional groups attached to an aromatic ring is 1. The summed E-state index contributed by atoms with van der Waals surface area (Å²) in [6.45, 7) is 4.72. The predicted molar refractivity (Wildman–Crippen MR) is 146 cm³/mol. The van der Waals surface area contributed by atoms with E-state index in [1.165, 1.54) is 24.5 Å². The molecular weight excluding hydrogens is 537 g/mol. The van der Waals surface area contributed by atoms with Gasteiger partial charge in [0, 0.05) is 30.6 Å². The molecule has 2 aromatic heterocycles. The number of ketones is 1. The largest absolute Gasteiger partial charge is 0.573 e. The van der Waals surface area contributed by atoms with E-state index in [0.717, 1.165) is 36.1 Å². The number of carbonyl (C=O) groups excluding carboxylic acids is 2. The number of piperidine rings is 1. The van der Waals surface area contributed by atoms with Crippen molar-refractivity contribution in [1.29, 1.82) is 0 Å². The molecule has 3 heterocycles. The first-order valence-electron chi connectivity index (χ1n) is 13.0. The number of nitrogens with two attached hydrogens (primary N) is 1. The molecule has 212 valence electrons. The molecule has 2 N–H and O–H groups in total. The minimum absolute atomic E-state index is 0.0940. The molecule has 1 unspecified atom stereocenters. The number of ether oxygens (including phenoxy) is 1. The third-order valence-corrected chi connectivity index (χ3v) is 7.00. The van der Waals surface area contributed by atoms with E-state index in [2.05, 4.69) is 21.3 Å². The Morgan fingerprint density at radius 1 is 1.15 bits per heavy atom. The molecule has 2 aromatic carbocycles. The molecule has 0 saturated carbocycles. The molecule has 1 aliphatic heterocycles. The number of anilines is 1. The van der Waals surface area contributed by atoms with Crippen molar-refractivity contribution >= 4 is 28.5 Å². The van der Waals surface area contributed by atoms with Crippen LogP contribution in [0, 0.1) is 0 Å². The van der Waals surface area contributed by atoms with Crippen molar-refractivity contribution in [2.75, 3.05) is 18.8 Å². The van der Waals surface area contributed by atoms with Crippen LogP contribution < -0.4 is 10.5 Å². The van der Waals surface area contributed by atoms with Gasteiger partial charge in [-0.05, 0) is 43.0 Å². The zero-order valence-electron chi connectivity index (χ0n) is 22.0. The summed E-state index contributed by atoms with van der Waals surface area (Å²) < 4.78 is 43.3. The third kappa shape index (κ3) is 6.21. The maximum atomic E-state index is 12.6. The summed E-state index contributed by atoms with van der Waals surface area (Å²) in [5, 5.41) is 5.48. The van der Waals surface area contributed by atoms with Gasteiger partial charge in [-0.1, -0.05) is 43.0 Å². The molecule has 1 aliphatic rings. The van der Waals surface area contributed by atoms with Crippen molar-refractivity contribution in [2.45, 2.75) is 38.1 Å². The second-order valence-electron chi connectivity index (χ2n) is 9.73. The van der Waals surface area contributed by atoms with Crippen molar-refractivity contribution in [1.82, 2.24) is 24.6 Å². The van der Waals surface area contributed by atoms with Crippen LogP contribution in [0.25, 0.3) is 22.3 Å². The lowest BCUT2D eigenvalue weighted by Crippen LogP contribution is -2.40. The lowest BCUT2D eigenvalue weighted by molar-refractivity contribution is -0.274. The average molecular weight is 565 g/mol. The van der Waals surface area contributed by atoms with Crippen molar-refractivity contribution in [2.24, 2.45) is 0 Å². The molecule has 41 heavy (non-hydrogen) atoms. The monoisotopic (exact) mass is 564 g/mol. The summed E-state index contributed by atoms with van der Waals surface area (Å²) in [5.41, 5.74) is 9.23. The number of aryl methyl sites for hydroxylation is 1. The standard InChI is InChI=1S/C29H27F3N6O3/c1-2-24(40)37-14-4-6-21(16-37)38-28-25(27(33)34-17-35-28)26(36-38)19-11-8-18(9-12-19)10-13-23(39)20-5-3-7-22(15-20)41-29(30,31)32/h2-3,5,7-9,11-12,15,17,21H,1,4,6,10,13-14,16H2,(H2,33,34,35). The topological polar surface area (TPSA) is 116 Å². The van der Waals surface area contributed by atoms with Gasteiger partial charge in [0.1, 0.15) is 23.6 Å². The highest BCUT2D eigenvalue weighted by atomic mass is 19.4. The lowest BCUT2D eigenvalue weighted by Gasteiger charge is -2.32. The normalized spacial score (nSPS) is 15.6. The fraction of sp³-hybridized carbons (Fsp3) is 0.276. The Labute approximate surface area is 233 Å². The van der Waals surface area contributed by atoms with Gasteiger partial charge in [-0.2, -0.15) is 5.10 Å². The highest BCUT2D eigenvalue weighted by Crippen LogP contribution is 2.34. The number of aromatic nitrogens is 4. The Balaban J connectivity index is 1.34. The number of nitrogens with zero attached hydrogens (tertiary/aromatic N) is 5. The Morgan fingerprint density at radius 3 is 2.66 bits per heavy atom. The number of benzene rings is 2. The van der Waals surface area contributed by atoms with Crippen LogP contribution in [0.5, 0.6) is 5.75 Å². The second-order valence-corrected chi connectivity index (χ2v) is 9.73. The average Bonchev–Trinajstić information content (AvgIpc) is 3.36. The fourth-order valence-electron chi connectivity index (χ4n) is 5.03. The Hall–Kier alpha value is -4.74. The first-order valence-corrected chi connectivity index (χ1v) is 13.0. The first-order chi connectivity index (χ1) is 19.6. The molecule has 1 saturated heterocycles. The van der Waals surface area contributed by atoms with Crippen molar-refractivity contribution in [3.8, 4) is 17.0 Å². The number of likely N-dealkylation sites (tertiary alicyclic amines) is 1. The summed E-state index contributed by atoms with van der Waals surface area (Å²) in [5.74, 6) is -0.571. The molecule has 5 rings (SSSR count). The van der Waals surface area contributed by atoms with Crippen LogP contribution >= 0.6 is 0 Å². The van der Waals surface area contributed by atoms with Gasteiger partial charge in [0.15, 0.2) is 11.4 Å². The third-order valence-electron chi connectivity index (χ3n) is 7.00. The van der Waals surface area contributed by atoms with Crippen molar-refractivity contribution in [3.05, 3.63) is 78.6 Å². The number of alkyl halides is 3. The van der Waals surface area contributed by atoms with E-state index in [4.69, 9.17) is 10.8 Å². The van der Waals surface area contributed by atoms with Gasteiger partial charge in [0.2, 0.25) is 5.91 Å². The summed E-state index contributed by atoms with van der Waals surface area (Å²) >= 11 is 0. The van der Waals surface area contributed by atoms with Crippen LogP contribution in [0.3, 0.4) is 0 Å². The number of carbonyl (C=O) groups is 2. The fourth-order valence-corrected chi connectivity index (χ4v) is 5.03. The lowest BCUT2D eigenvalue weighted by atomic mass is 10.0. The maximum Gasteiger partial charge on any atom is 0.573 e. The smallest absolute Gasteiger partial charge is 0.406 e. The minimum atomic E-state index is -4.83.